The van der Waals surface area contributed by atoms with Crippen LogP contribution in [-0.2, 0) is 25.0 Å². The van der Waals surface area contributed by atoms with Crippen LogP contribution in [0.15, 0.2) is 41.7 Å². The van der Waals surface area contributed by atoms with Crippen LogP contribution in [0.1, 0.15) is 18.2 Å². The largest absolute Gasteiger partial charge is 0.390 e. The quantitative estimate of drug-likeness (QED) is 0.431. The van der Waals surface area contributed by atoms with Gasteiger partial charge in [-0.05, 0) is 5.56 Å². The van der Waals surface area contributed by atoms with E-state index in [-0.39, 0.29) is 12.2 Å². The number of aliphatic hydroxyl groups excluding tert-OH is 1. The molecule has 0 unspecified atom stereocenters. The number of anilines is 1. The second-order valence-corrected chi connectivity index (χ2v) is 8.88. The Kier molecular flexibility index (Phi) is 5.90. The molecule has 160 valence electrons. The lowest BCUT2D eigenvalue weighted by Crippen LogP contribution is -2.30. The second-order valence-electron chi connectivity index (χ2n) is 6.69. The number of nitrogen functional groups attached to an aromatic ring is 1. The van der Waals surface area contributed by atoms with Gasteiger partial charge in [0.2, 0.25) is 0 Å². The molecule has 0 radical (unpaired) electrons. The first-order chi connectivity index (χ1) is 14.3. The van der Waals surface area contributed by atoms with Gasteiger partial charge in [-0.1, -0.05) is 42.1 Å². The van der Waals surface area contributed by atoms with Gasteiger partial charge in [0.1, 0.15) is 23.3 Å². The van der Waals surface area contributed by atoms with Crippen molar-refractivity contribution >= 4 is 38.9 Å². The third kappa shape index (κ3) is 4.55. The summed E-state index contributed by atoms with van der Waals surface area (Å²) in [4.78, 5) is 8.34. The SMILES string of the molecule is Nc1ncnc2c1c(SCc1ccccc1)nn2[C@H]1C[C@H](O)[C@H](COS(N)(=O)=O)O1. The van der Waals surface area contributed by atoms with Gasteiger partial charge in [-0.15, -0.1) is 0 Å². The molecule has 1 fully saturated rings. The van der Waals surface area contributed by atoms with Gasteiger partial charge < -0.3 is 15.6 Å². The number of aliphatic hydroxyl groups is 1. The van der Waals surface area contributed by atoms with Crippen LogP contribution in [-0.4, -0.2) is 52.1 Å². The van der Waals surface area contributed by atoms with Gasteiger partial charge in [0, 0.05) is 12.2 Å². The van der Waals surface area contributed by atoms with E-state index >= 15 is 0 Å². The van der Waals surface area contributed by atoms with Crippen LogP contribution in [0, 0.1) is 0 Å². The Morgan fingerprint density at radius 3 is 2.80 bits per heavy atom. The van der Waals surface area contributed by atoms with Crippen LogP contribution in [0.2, 0.25) is 0 Å². The first-order valence-corrected chi connectivity index (χ1v) is 11.4. The van der Waals surface area contributed by atoms with Gasteiger partial charge in [0.25, 0.3) is 0 Å². The highest BCUT2D eigenvalue weighted by Gasteiger charge is 2.37. The minimum absolute atomic E-state index is 0.169. The smallest absolute Gasteiger partial charge is 0.333 e. The van der Waals surface area contributed by atoms with Gasteiger partial charge >= 0.3 is 10.3 Å². The monoisotopic (exact) mass is 452 g/mol. The summed E-state index contributed by atoms with van der Waals surface area (Å²) in [5, 5.41) is 20.9. The molecule has 3 heterocycles. The van der Waals surface area contributed by atoms with E-state index in [0.717, 1.165) is 5.56 Å². The average Bonchev–Trinajstić information content (AvgIpc) is 3.26. The number of thioether (sulfide) groups is 1. The van der Waals surface area contributed by atoms with Gasteiger partial charge in [-0.3, -0.25) is 4.18 Å². The normalized spacial score (nSPS) is 22.0. The first kappa shape index (κ1) is 21.0. The molecule has 0 amide bonds. The number of aromatic nitrogens is 4. The molecule has 30 heavy (non-hydrogen) atoms. The zero-order valence-corrected chi connectivity index (χ0v) is 17.3. The van der Waals surface area contributed by atoms with Crippen molar-refractivity contribution in [2.45, 2.75) is 35.6 Å². The molecule has 4 rings (SSSR count). The van der Waals surface area contributed by atoms with Crippen molar-refractivity contribution in [3.8, 4) is 0 Å². The number of rotatable bonds is 7. The Labute approximate surface area is 176 Å². The Hall–Kier alpha value is -2.29. The summed E-state index contributed by atoms with van der Waals surface area (Å²) < 4.78 is 33.9. The predicted molar refractivity (Wildman–Crippen MR) is 109 cm³/mol. The van der Waals surface area contributed by atoms with E-state index in [4.69, 9.17) is 15.6 Å². The minimum Gasteiger partial charge on any atom is -0.390 e. The Balaban J connectivity index is 1.59. The maximum atomic E-state index is 11.0. The molecule has 1 aromatic carbocycles. The number of nitrogens with zero attached hydrogens (tertiary/aromatic N) is 4. The molecule has 1 saturated heterocycles. The fourth-order valence-electron chi connectivity index (χ4n) is 3.17. The van der Waals surface area contributed by atoms with Crippen LogP contribution in [0.5, 0.6) is 0 Å². The van der Waals surface area contributed by atoms with Gasteiger partial charge in [0.05, 0.1) is 18.1 Å². The molecular weight excluding hydrogens is 432 g/mol. The molecule has 11 nitrogen and oxygen atoms in total. The Bertz CT molecular complexity index is 1140. The zero-order chi connectivity index (χ0) is 21.3. The topological polar surface area (TPSA) is 168 Å². The first-order valence-electron chi connectivity index (χ1n) is 8.98. The van der Waals surface area contributed by atoms with E-state index in [9.17, 15) is 13.5 Å². The third-order valence-corrected chi connectivity index (χ3v) is 6.08. The molecule has 0 aliphatic carbocycles. The highest BCUT2D eigenvalue weighted by molar-refractivity contribution is 7.98. The van der Waals surface area contributed by atoms with Crippen LogP contribution >= 0.6 is 11.8 Å². The highest BCUT2D eigenvalue weighted by atomic mass is 32.2. The van der Waals surface area contributed by atoms with Crippen molar-refractivity contribution in [1.82, 2.24) is 19.7 Å². The summed E-state index contributed by atoms with van der Waals surface area (Å²) >= 11 is 1.48. The fourth-order valence-corrected chi connectivity index (χ4v) is 4.47. The van der Waals surface area contributed by atoms with Crippen molar-refractivity contribution in [2.24, 2.45) is 5.14 Å². The molecule has 3 atom stereocenters. The summed E-state index contributed by atoms with van der Waals surface area (Å²) in [6.45, 7) is -0.400. The van der Waals surface area contributed by atoms with Crippen LogP contribution < -0.4 is 10.9 Å². The van der Waals surface area contributed by atoms with Crippen molar-refractivity contribution in [3.63, 3.8) is 0 Å². The molecule has 3 aromatic rings. The third-order valence-electron chi connectivity index (χ3n) is 4.58. The molecule has 2 aromatic heterocycles. The number of hydrogen-bond acceptors (Lipinski definition) is 10. The van der Waals surface area contributed by atoms with E-state index in [0.29, 0.717) is 21.8 Å². The van der Waals surface area contributed by atoms with Crippen LogP contribution in [0.25, 0.3) is 11.0 Å². The van der Waals surface area contributed by atoms with E-state index in [1.165, 1.54) is 22.8 Å². The van der Waals surface area contributed by atoms with Gasteiger partial charge in [-0.2, -0.15) is 13.5 Å². The van der Waals surface area contributed by atoms with Crippen LogP contribution in [0.3, 0.4) is 0 Å². The van der Waals surface area contributed by atoms with Crippen molar-refractivity contribution in [2.75, 3.05) is 12.3 Å². The zero-order valence-electron chi connectivity index (χ0n) is 15.7. The number of benzene rings is 1. The standard InChI is InChI=1S/C17H20N6O5S2/c18-15-14-16(21-9-20-15)23(22-17(14)29-8-10-4-2-1-3-5-10)13-6-11(24)12(28-13)7-27-30(19,25)26/h1-5,9,11-13,24H,6-8H2,(H2,18,20,21)(H2,19,25,26)/t11-,12-,13+/m0/s1. The molecule has 5 N–H and O–H groups in total. The van der Waals surface area contributed by atoms with E-state index < -0.39 is 35.3 Å². The molecule has 1 aliphatic heterocycles. The van der Waals surface area contributed by atoms with E-state index in [1.54, 1.807) is 0 Å². The number of ether oxygens (including phenoxy) is 1. The van der Waals surface area contributed by atoms with E-state index in [2.05, 4.69) is 19.2 Å². The minimum atomic E-state index is -4.14. The molecular formula is C17H20N6O5S2. The summed E-state index contributed by atoms with van der Waals surface area (Å²) in [5.74, 6) is 0.953. The summed E-state index contributed by atoms with van der Waals surface area (Å²) in [5.41, 5.74) is 7.66. The molecule has 0 bridgehead atoms. The number of hydrogen-bond donors (Lipinski definition) is 3. The lowest BCUT2D eigenvalue weighted by Gasteiger charge is -2.14. The summed E-state index contributed by atoms with van der Waals surface area (Å²) in [6.07, 6.45) is -1.03. The van der Waals surface area contributed by atoms with Crippen LogP contribution in [0.4, 0.5) is 5.82 Å². The number of fused-ring (bicyclic) bond motifs is 1. The van der Waals surface area contributed by atoms with Gasteiger partial charge in [0.15, 0.2) is 11.9 Å². The van der Waals surface area contributed by atoms with Crippen molar-refractivity contribution < 1.29 is 22.4 Å². The predicted octanol–water partition coefficient (Wildman–Crippen LogP) is 0.569. The van der Waals surface area contributed by atoms with E-state index in [1.807, 2.05) is 30.3 Å². The Morgan fingerprint density at radius 2 is 2.07 bits per heavy atom. The number of nitrogens with two attached hydrogens (primary N) is 2. The molecule has 1 aliphatic rings. The molecule has 0 spiro atoms. The maximum Gasteiger partial charge on any atom is 0.333 e. The molecule has 13 heteroatoms. The summed E-state index contributed by atoms with van der Waals surface area (Å²) in [6, 6.07) is 9.89. The lowest BCUT2D eigenvalue weighted by molar-refractivity contribution is -0.0415. The van der Waals surface area contributed by atoms with Crippen molar-refractivity contribution in [3.05, 3.63) is 42.2 Å². The summed E-state index contributed by atoms with van der Waals surface area (Å²) in [7, 11) is -4.14. The molecule has 0 saturated carbocycles. The lowest BCUT2D eigenvalue weighted by atomic mass is 10.2. The average molecular weight is 453 g/mol. The highest BCUT2D eigenvalue weighted by Crippen LogP contribution is 2.36. The fraction of sp³-hybridized carbons (Fsp3) is 0.353. The second kappa shape index (κ2) is 8.45. The van der Waals surface area contributed by atoms with Crippen molar-refractivity contribution in [1.29, 1.82) is 0 Å². The maximum absolute atomic E-state index is 11.0. The Morgan fingerprint density at radius 1 is 1.30 bits per heavy atom. The van der Waals surface area contributed by atoms with Gasteiger partial charge in [-0.25, -0.2) is 19.8 Å².